The van der Waals surface area contributed by atoms with E-state index in [0.29, 0.717) is 15.7 Å². The number of hydrogen-bond donors (Lipinski definition) is 1. The number of hydrogen-bond acceptors (Lipinski definition) is 7. The molecule has 0 radical (unpaired) electrons. The zero-order valence-corrected chi connectivity index (χ0v) is 19.2. The highest BCUT2D eigenvalue weighted by Crippen LogP contribution is 2.34. The third kappa shape index (κ3) is 4.29. The molecule has 5 rings (SSSR count). The first-order valence-corrected chi connectivity index (χ1v) is 11.6. The lowest BCUT2D eigenvalue weighted by molar-refractivity contribution is -0.387. The lowest BCUT2D eigenvalue weighted by Gasteiger charge is -2.16. The summed E-state index contributed by atoms with van der Waals surface area (Å²) >= 11 is 1.12. The highest BCUT2D eigenvalue weighted by atomic mass is 32.2. The van der Waals surface area contributed by atoms with Crippen LogP contribution in [-0.4, -0.2) is 35.1 Å². The number of aryl methyl sites for hydroxylation is 2. The van der Waals surface area contributed by atoms with Gasteiger partial charge in [0.05, 0.1) is 9.82 Å². The van der Waals surface area contributed by atoms with E-state index < -0.39 is 10.8 Å². The van der Waals surface area contributed by atoms with Crippen molar-refractivity contribution in [3.8, 4) is 11.4 Å². The molecule has 1 aliphatic rings. The number of nitrogens with zero attached hydrogens (tertiary/aromatic N) is 6. The molecule has 0 bridgehead atoms. The van der Waals surface area contributed by atoms with E-state index >= 15 is 0 Å². The van der Waals surface area contributed by atoms with Gasteiger partial charge in [0.1, 0.15) is 12.2 Å². The molecule has 0 atom stereocenters. The largest absolute Gasteiger partial charge is 0.328 e. The summed E-state index contributed by atoms with van der Waals surface area (Å²) < 4.78 is 3.91. The second kappa shape index (κ2) is 9.10. The van der Waals surface area contributed by atoms with Crippen molar-refractivity contribution in [1.29, 1.82) is 0 Å². The fraction of sp³-hybridized carbons (Fsp3) is 0.217. The molecule has 4 aromatic rings. The van der Waals surface area contributed by atoms with Crippen LogP contribution in [0.4, 0.5) is 11.4 Å². The minimum absolute atomic E-state index is 0.167. The van der Waals surface area contributed by atoms with E-state index in [4.69, 9.17) is 0 Å². The van der Waals surface area contributed by atoms with Crippen LogP contribution in [0.5, 0.6) is 0 Å². The van der Waals surface area contributed by atoms with Gasteiger partial charge < -0.3 is 14.5 Å². The van der Waals surface area contributed by atoms with E-state index in [1.165, 1.54) is 24.5 Å². The molecule has 11 heteroatoms. The smallest absolute Gasteiger partial charge is 0.284 e. The fourth-order valence-corrected chi connectivity index (χ4v) is 4.77. The van der Waals surface area contributed by atoms with Gasteiger partial charge in [-0.15, -0.1) is 10.2 Å². The van der Waals surface area contributed by atoms with Gasteiger partial charge in [-0.1, -0.05) is 0 Å². The number of imidazole rings is 1. The Balaban J connectivity index is 1.33. The summed E-state index contributed by atoms with van der Waals surface area (Å²) in [5.41, 5.74) is 2.85. The molecule has 1 aliphatic heterocycles. The number of rotatable bonds is 6. The standard InChI is InChI=1S/C23H21N7O3S/c1-28-14-25-27-23(28)34-20-10-7-16(12-19(20)30(32)33)22(31)26-17-8-5-15(6-9-17)21-24-13-18-4-2-3-11-29(18)21/h5-10,12-14H,2-4,11H2,1H3,(H,26,31). The van der Waals surface area contributed by atoms with E-state index in [1.54, 1.807) is 23.7 Å². The third-order valence-corrected chi connectivity index (χ3v) is 6.81. The molecule has 1 amide bonds. The molecule has 10 nitrogen and oxygen atoms in total. The molecular formula is C23H21N7O3S. The average Bonchev–Trinajstić information content (AvgIpc) is 3.46. The van der Waals surface area contributed by atoms with Crippen molar-refractivity contribution >= 4 is 29.0 Å². The number of aromatic nitrogens is 5. The Labute approximate surface area is 199 Å². The van der Waals surface area contributed by atoms with Crippen LogP contribution in [-0.2, 0) is 20.0 Å². The zero-order chi connectivity index (χ0) is 23.7. The Hall–Kier alpha value is -3.99. The van der Waals surface area contributed by atoms with Crippen molar-refractivity contribution in [2.45, 2.75) is 35.9 Å². The molecule has 3 heterocycles. The van der Waals surface area contributed by atoms with Crippen LogP contribution in [0.15, 0.2) is 65.0 Å². The average molecular weight is 476 g/mol. The number of nitro groups is 1. The number of benzene rings is 2. The van der Waals surface area contributed by atoms with Crippen LogP contribution in [0.2, 0.25) is 0 Å². The number of nitrogens with one attached hydrogen (secondary N) is 1. The van der Waals surface area contributed by atoms with Gasteiger partial charge in [0, 0.05) is 48.4 Å². The van der Waals surface area contributed by atoms with Crippen molar-refractivity contribution < 1.29 is 9.72 Å². The predicted octanol–water partition coefficient (Wildman–Crippen LogP) is 4.33. The molecule has 0 aliphatic carbocycles. The van der Waals surface area contributed by atoms with Crippen LogP contribution in [0.25, 0.3) is 11.4 Å². The summed E-state index contributed by atoms with van der Waals surface area (Å²) in [7, 11) is 1.75. The Morgan fingerprint density at radius 1 is 1.18 bits per heavy atom. The van der Waals surface area contributed by atoms with Gasteiger partial charge in [-0.05, 0) is 67.4 Å². The highest BCUT2D eigenvalue weighted by Gasteiger charge is 2.20. The van der Waals surface area contributed by atoms with Crippen LogP contribution in [0.1, 0.15) is 28.9 Å². The summed E-state index contributed by atoms with van der Waals surface area (Å²) in [6.07, 6.45) is 6.83. The molecule has 1 N–H and O–H groups in total. The maximum atomic E-state index is 12.8. The van der Waals surface area contributed by atoms with Gasteiger partial charge in [-0.3, -0.25) is 14.9 Å². The molecule has 0 fully saturated rings. The highest BCUT2D eigenvalue weighted by molar-refractivity contribution is 7.99. The van der Waals surface area contributed by atoms with E-state index in [2.05, 4.69) is 25.1 Å². The van der Waals surface area contributed by atoms with Gasteiger partial charge in [0.15, 0.2) is 5.16 Å². The summed E-state index contributed by atoms with van der Waals surface area (Å²) in [6.45, 7) is 0.965. The first-order valence-electron chi connectivity index (χ1n) is 10.8. The summed E-state index contributed by atoms with van der Waals surface area (Å²) in [4.78, 5) is 28.9. The zero-order valence-electron chi connectivity index (χ0n) is 18.3. The summed E-state index contributed by atoms with van der Waals surface area (Å²) in [5, 5.41) is 22.7. The Morgan fingerprint density at radius 2 is 2.00 bits per heavy atom. The number of anilines is 1. The van der Waals surface area contributed by atoms with E-state index in [9.17, 15) is 14.9 Å². The Kier molecular flexibility index (Phi) is 5.84. The predicted molar refractivity (Wildman–Crippen MR) is 127 cm³/mol. The lowest BCUT2D eigenvalue weighted by atomic mass is 10.1. The Bertz CT molecular complexity index is 1380. The van der Waals surface area contributed by atoms with Crippen molar-refractivity contribution in [2.75, 3.05) is 5.32 Å². The van der Waals surface area contributed by atoms with E-state index in [0.717, 1.165) is 42.5 Å². The molecule has 34 heavy (non-hydrogen) atoms. The topological polar surface area (TPSA) is 121 Å². The van der Waals surface area contributed by atoms with Crippen LogP contribution >= 0.6 is 11.8 Å². The van der Waals surface area contributed by atoms with Crippen LogP contribution in [0.3, 0.4) is 0 Å². The number of amides is 1. The minimum atomic E-state index is -0.504. The number of carbonyl (C=O) groups is 1. The van der Waals surface area contributed by atoms with Crippen LogP contribution < -0.4 is 5.32 Å². The van der Waals surface area contributed by atoms with Crippen molar-refractivity contribution in [3.63, 3.8) is 0 Å². The molecule has 172 valence electrons. The van der Waals surface area contributed by atoms with E-state index in [1.807, 2.05) is 30.5 Å². The number of fused-ring (bicyclic) bond motifs is 1. The van der Waals surface area contributed by atoms with Gasteiger partial charge >= 0.3 is 0 Å². The van der Waals surface area contributed by atoms with Gasteiger partial charge in [-0.2, -0.15) is 0 Å². The lowest BCUT2D eigenvalue weighted by Crippen LogP contribution is -2.12. The first-order chi connectivity index (χ1) is 16.5. The fourth-order valence-electron chi connectivity index (χ4n) is 3.92. The second-order valence-electron chi connectivity index (χ2n) is 7.98. The first kappa shape index (κ1) is 21.8. The van der Waals surface area contributed by atoms with Crippen molar-refractivity contribution in [1.82, 2.24) is 24.3 Å². The van der Waals surface area contributed by atoms with Gasteiger partial charge in [0.25, 0.3) is 11.6 Å². The van der Waals surface area contributed by atoms with Crippen molar-refractivity contribution in [2.24, 2.45) is 7.05 Å². The molecule has 2 aromatic heterocycles. The third-order valence-electron chi connectivity index (χ3n) is 5.69. The minimum Gasteiger partial charge on any atom is -0.328 e. The quantitative estimate of drug-likeness (QED) is 0.325. The molecule has 0 saturated carbocycles. The second-order valence-corrected chi connectivity index (χ2v) is 8.99. The maximum absolute atomic E-state index is 12.8. The van der Waals surface area contributed by atoms with Gasteiger partial charge in [-0.25, -0.2) is 4.98 Å². The number of carbonyl (C=O) groups excluding carboxylic acids is 1. The summed E-state index contributed by atoms with van der Waals surface area (Å²) in [6, 6.07) is 11.9. The van der Waals surface area contributed by atoms with Gasteiger partial charge in [0.2, 0.25) is 0 Å². The monoisotopic (exact) mass is 475 g/mol. The molecule has 0 unspecified atom stereocenters. The molecule has 2 aromatic carbocycles. The SMILES string of the molecule is Cn1cnnc1Sc1ccc(C(=O)Nc2ccc(-c3ncc4n3CCCC4)cc2)cc1[N+](=O)[O-]. The molecule has 0 spiro atoms. The van der Waals surface area contributed by atoms with E-state index in [-0.39, 0.29) is 11.3 Å². The maximum Gasteiger partial charge on any atom is 0.284 e. The summed E-state index contributed by atoms with van der Waals surface area (Å²) in [5.74, 6) is 0.503. The number of nitro benzene ring substituents is 1. The Morgan fingerprint density at radius 3 is 2.74 bits per heavy atom. The van der Waals surface area contributed by atoms with Crippen LogP contribution in [0, 0.1) is 10.1 Å². The normalized spacial score (nSPS) is 12.9. The van der Waals surface area contributed by atoms with Crippen molar-refractivity contribution in [3.05, 3.63) is 76.4 Å². The molecular weight excluding hydrogens is 454 g/mol. The molecule has 0 saturated heterocycles.